The van der Waals surface area contributed by atoms with Crippen LogP contribution < -0.4 is 5.32 Å². The summed E-state index contributed by atoms with van der Waals surface area (Å²) < 4.78 is 5.36. The van der Waals surface area contributed by atoms with Gasteiger partial charge in [0.15, 0.2) is 5.82 Å². The average molecular weight is 225 g/mol. The molecule has 82 valence electrons. The standard InChI is InChI=1S/C10H15N3OS/c1-3-11-5-7(1)9-12-10(14-13-9)8-2-4-15-6-8/h7-8,11H,1-6H2. The first kappa shape index (κ1) is 9.66. The van der Waals surface area contributed by atoms with Gasteiger partial charge in [0.2, 0.25) is 5.89 Å². The van der Waals surface area contributed by atoms with Crippen LogP contribution in [-0.2, 0) is 0 Å². The summed E-state index contributed by atoms with van der Waals surface area (Å²) in [5.41, 5.74) is 0. The second kappa shape index (κ2) is 4.14. The minimum Gasteiger partial charge on any atom is -0.339 e. The molecule has 15 heavy (non-hydrogen) atoms. The van der Waals surface area contributed by atoms with Crippen molar-refractivity contribution in [3.8, 4) is 0 Å². The highest BCUT2D eigenvalue weighted by molar-refractivity contribution is 7.99. The van der Waals surface area contributed by atoms with E-state index in [-0.39, 0.29) is 0 Å². The molecule has 1 aromatic rings. The summed E-state index contributed by atoms with van der Waals surface area (Å²) in [5.74, 6) is 5.12. The Hall–Kier alpha value is -0.550. The highest BCUT2D eigenvalue weighted by atomic mass is 32.2. The van der Waals surface area contributed by atoms with E-state index in [2.05, 4.69) is 15.5 Å². The minimum absolute atomic E-state index is 0.469. The molecule has 0 aliphatic carbocycles. The number of hydrogen-bond acceptors (Lipinski definition) is 5. The number of rotatable bonds is 2. The Bertz CT molecular complexity index is 299. The fourth-order valence-corrected chi connectivity index (χ4v) is 3.39. The van der Waals surface area contributed by atoms with E-state index in [9.17, 15) is 0 Å². The van der Waals surface area contributed by atoms with Crippen molar-refractivity contribution >= 4 is 11.8 Å². The third-order valence-corrected chi connectivity index (χ3v) is 4.32. The first-order chi connectivity index (χ1) is 7.43. The molecule has 0 radical (unpaired) electrons. The van der Waals surface area contributed by atoms with E-state index in [0.717, 1.165) is 37.0 Å². The van der Waals surface area contributed by atoms with E-state index in [0.29, 0.717) is 11.8 Å². The molecule has 0 aromatic carbocycles. The van der Waals surface area contributed by atoms with E-state index < -0.39 is 0 Å². The van der Waals surface area contributed by atoms with Gasteiger partial charge in [0.05, 0.1) is 0 Å². The molecular weight excluding hydrogens is 210 g/mol. The third-order valence-electron chi connectivity index (χ3n) is 3.16. The first-order valence-corrected chi connectivity index (χ1v) is 6.71. The Balaban J connectivity index is 1.74. The molecule has 2 unspecified atom stereocenters. The van der Waals surface area contributed by atoms with Gasteiger partial charge in [0.25, 0.3) is 0 Å². The maximum Gasteiger partial charge on any atom is 0.230 e. The molecule has 2 aliphatic heterocycles. The fourth-order valence-electron chi connectivity index (χ4n) is 2.18. The van der Waals surface area contributed by atoms with Crippen molar-refractivity contribution < 1.29 is 4.52 Å². The lowest BCUT2D eigenvalue weighted by atomic mass is 10.1. The van der Waals surface area contributed by atoms with Crippen LogP contribution in [0.25, 0.3) is 0 Å². The number of hydrogen-bond donors (Lipinski definition) is 1. The number of nitrogens with zero attached hydrogens (tertiary/aromatic N) is 2. The van der Waals surface area contributed by atoms with Crippen molar-refractivity contribution in [2.45, 2.75) is 24.7 Å². The molecule has 0 amide bonds. The molecule has 0 saturated carbocycles. The summed E-state index contributed by atoms with van der Waals surface area (Å²) in [6.45, 7) is 2.08. The van der Waals surface area contributed by atoms with E-state index >= 15 is 0 Å². The molecule has 1 N–H and O–H groups in total. The molecular formula is C10H15N3OS. The summed E-state index contributed by atoms with van der Waals surface area (Å²) in [6.07, 6.45) is 2.33. The van der Waals surface area contributed by atoms with E-state index in [1.165, 1.54) is 12.2 Å². The van der Waals surface area contributed by atoms with Gasteiger partial charge in [-0.15, -0.1) is 0 Å². The van der Waals surface area contributed by atoms with Gasteiger partial charge >= 0.3 is 0 Å². The summed E-state index contributed by atoms with van der Waals surface area (Å²) in [4.78, 5) is 4.54. The fraction of sp³-hybridized carbons (Fsp3) is 0.800. The van der Waals surface area contributed by atoms with Crippen LogP contribution in [-0.4, -0.2) is 34.7 Å². The molecule has 2 fully saturated rings. The van der Waals surface area contributed by atoms with Crippen LogP contribution in [0.1, 0.15) is 36.4 Å². The van der Waals surface area contributed by atoms with Crippen LogP contribution >= 0.6 is 11.8 Å². The van der Waals surface area contributed by atoms with E-state index in [1.807, 2.05) is 11.8 Å². The van der Waals surface area contributed by atoms with Crippen molar-refractivity contribution in [3.63, 3.8) is 0 Å². The molecule has 2 saturated heterocycles. The highest BCUT2D eigenvalue weighted by Gasteiger charge is 2.26. The average Bonchev–Trinajstić information content (AvgIpc) is 3.02. The molecule has 0 bridgehead atoms. The van der Waals surface area contributed by atoms with Crippen molar-refractivity contribution in [1.29, 1.82) is 0 Å². The SMILES string of the molecule is C1CC(c2noc(C3CCSC3)n2)CN1. The van der Waals surface area contributed by atoms with Crippen LogP contribution in [0.3, 0.4) is 0 Å². The number of nitrogens with one attached hydrogen (secondary N) is 1. The summed E-state index contributed by atoms with van der Waals surface area (Å²) >= 11 is 1.98. The van der Waals surface area contributed by atoms with Crippen molar-refractivity contribution in [2.24, 2.45) is 0 Å². The van der Waals surface area contributed by atoms with Crippen LogP contribution in [0.2, 0.25) is 0 Å². The number of aromatic nitrogens is 2. The van der Waals surface area contributed by atoms with Gasteiger partial charge in [-0.3, -0.25) is 0 Å². The molecule has 3 heterocycles. The highest BCUT2D eigenvalue weighted by Crippen LogP contribution is 2.32. The van der Waals surface area contributed by atoms with Crippen LogP contribution in [0, 0.1) is 0 Å². The van der Waals surface area contributed by atoms with Gasteiger partial charge in [-0.1, -0.05) is 5.16 Å². The zero-order valence-corrected chi connectivity index (χ0v) is 9.42. The monoisotopic (exact) mass is 225 g/mol. The van der Waals surface area contributed by atoms with Gasteiger partial charge in [0.1, 0.15) is 0 Å². The normalized spacial score (nSPS) is 31.2. The smallest absolute Gasteiger partial charge is 0.230 e. The Morgan fingerprint density at radius 2 is 2.33 bits per heavy atom. The maximum atomic E-state index is 5.36. The second-order valence-corrected chi connectivity index (χ2v) is 5.39. The van der Waals surface area contributed by atoms with Crippen molar-refractivity contribution in [3.05, 3.63) is 11.7 Å². The Morgan fingerprint density at radius 3 is 3.07 bits per heavy atom. The topological polar surface area (TPSA) is 51.0 Å². The van der Waals surface area contributed by atoms with Gasteiger partial charge in [-0.2, -0.15) is 16.7 Å². The van der Waals surface area contributed by atoms with E-state index in [4.69, 9.17) is 4.52 Å². The van der Waals surface area contributed by atoms with E-state index in [1.54, 1.807) is 0 Å². The maximum absolute atomic E-state index is 5.36. The number of thioether (sulfide) groups is 1. The quantitative estimate of drug-likeness (QED) is 0.823. The van der Waals surface area contributed by atoms with Gasteiger partial charge in [-0.05, 0) is 25.1 Å². The van der Waals surface area contributed by atoms with Crippen LogP contribution in [0.15, 0.2) is 4.52 Å². The molecule has 4 nitrogen and oxygen atoms in total. The van der Waals surface area contributed by atoms with Crippen LogP contribution in [0.5, 0.6) is 0 Å². The second-order valence-electron chi connectivity index (χ2n) is 4.24. The molecule has 1 aromatic heterocycles. The molecule has 3 rings (SSSR count). The predicted octanol–water partition coefficient (Wildman–Crippen LogP) is 1.37. The lowest BCUT2D eigenvalue weighted by Gasteiger charge is -2.00. The van der Waals surface area contributed by atoms with Gasteiger partial charge < -0.3 is 9.84 Å². The zero-order chi connectivity index (χ0) is 10.1. The van der Waals surface area contributed by atoms with Crippen molar-refractivity contribution in [2.75, 3.05) is 24.6 Å². The summed E-state index contributed by atoms with van der Waals surface area (Å²) in [7, 11) is 0. The largest absolute Gasteiger partial charge is 0.339 e. The molecule has 2 atom stereocenters. The Kier molecular flexibility index (Phi) is 2.66. The van der Waals surface area contributed by atoms with Crippen molar-refractivity contribution in [1.82, 2.24) is 15.5 Å². The predicted molar refractivity (Wildman–Crippen MR) is 59.2 cm³/mol. The molecule has 2 aliphatic rings. The lowest BCUT2D eigenvalue weighted by Crippen LogP contribution is -2.09. The Labute approximate surface area is 93.2 Å². The summed E-state index contributed by atoms with van der Waals surface area (Å²) in [5, 5.41) is 7.43. The third kappa shape index (κ3) is 1.90. The van der Waals surface area contributed by atoms with Gasteiger partial charge in [-0.25, -0.2) is 0 Å². The lowest BCUT2D eigenvalue weighted by molar-refractivity contribution is 0.354. The summed E-state index contributed by atoms with van der Waals surface area (Å²) in [6, 6.07) is 0. The minimum atomic E-state index is 0.469. The zero-order valence-electron chi connectivity index (χ0n) is 8.61. The van der Waals surface area contributed by atoms with Gasteiger partial charge in [0, 0.05) is 24.1 Å². The van der Waals surface area contributed by atoms with Crippen LogP contribution in [0.4, 0.5) is 0 Å². The molecule has 5 heteroatoms. The molecule has 0 spiro atoms. The first-order valence-electron chi connectivity index (χ1n) is 5.55. The Morgan fingerprint density at radius 1 is 1.33 bits per heavy atom.